The number of aromatic nitrogens is 1. The third kappa shape index (κ3) is 5.38. The Morgan fingerprint density at radius 2 is 1.61 bits per heavy atom. The molecule has 0 fully saturated rings. The minimum absolute atomic E-state index is 0.150. The molecule has 1 heterocycles. The van der Waals surface area contributed by atoms with Gasteiger partial charge in [-0.1, -0.05) is 0 Å². The number of carbonyl (C=O) groups is 2. The smallest absolute Gasteiger partial charge is 0.257 e. The number of nitrogens with one attached hydrogen (secondary N) is 2. The number of hydrogen-bond acceptors (Lipinski definition) is 3. The van der Waals surface area contributed by atoms with Crippen LogP contribution in [0.2, 0.25) is 0 Å². The SMILES string of the molecule is Cc1cc(C(=O)Nc2ccc(C(=O)NCCN(C)C)cc2)c(C)n1-c1ccc(F)cc1. The number of rotatable bonds is 7. The minimum atomic E-state index is -0.306. The fraction of sp³-hybridized carbons (Fsp3) is 0.250. The molecule has 162 valence electrons. The molecule has 6 nitrogen and oxygen atoms in total. The van der Waals surface area contributed by atoms with Crippen LogP contribution in [0.5, 0.6) is 0 Å². The highest BCUT2D eigenvalue weighted by atomic mass is 19.1. The van der Waals surface area contributed by atoms with Crippen LogP contribution in [0.15, 0.2) is 54.6 Å². The molecule has 0 spiro atoms. The predicted molar refractivity (Wildman–Crippen MR) is 120 cm³/mol. The second-order valence-corrected chi connectivity index (χ2v) is 7.69. The quantitative estimate of drug-likeness (QED) is 0.609. The van der Waals surface area contributed by atoms with Gasteiger partial charge in [-0.25, -0.2) is 4.39 Å². The van der Waals surface area contributed by atoms with Crippen molar-refractivity contribution in [1.82, 2.24) is 14.8 Å². The number of anilines is 1. The standard InChI is InChI=1S/C24H27FN4O2/c1-16-15-22(17(2)29(16)21-11-7-19(25)8-12-21)24(31)27-20-9-5-18(6-10-20)23(30)26-13-14-28(3)4/h5-12,15H,13-14H2,1-4H3,(H,26,30)(H,27,31). The molecule has 0 saturated carbocycles. The second kappa shape index (κ2) is 9.57. The molecule has 0 radical (unpaired) electrons. The van der Waals surface area contributed by atoms with Crippen molar-refractivity contribution in [2.24, 2.45) is 0 Å². The molecule has 2 N–H and O–H groups in total. The van der Waals surface area contributed by atoms with Crippen LogP contribution in [-0.2, 0) is 0 Å². The fourth-order valence-corrected chi connectivity index (χ4v) is 3.38. The van der Waals surface area contributed by atoms with E-state index >= 15 is 0 Å². The molecule has 0 aliphatic heterocycles. The number of aryl methyl sites for hydroxylation is 1. The van der Waals surface area contributed by atoms with Crippen LogP contribution in [0.1, 0.15) is 32.1 Å². The van der Waals surface area contributed by atoms with Gasteiger partial charge in [-0.05, 0) is 82.5 Å². The van der Waals surface area contributed by atoms with Crippen LogP contribution in [-0.4, -0.2) is 48.5 Å². The number of nitrogens with zero attached hydrogens (tertiary/aromatic N) is 2. The molecule has 0 aliphatic rings. The lowest BCUT2D eigenvalue weighted by atomic mass is 10.1. The van der Waals surface area contributed by atoms with E-state index in [1.54, 1.807) is 42.5 Å². The lowest BCUT2D eigenvalue weighted by Crippen LogP contribution is -2.31. The summed E-state index contributed by atoms with van der Waals surface area (Å²) in [7, 11) is 3.89. The average Bonchev–Trinajstić information content (AvgIpc) is 3.03. The van der Waals surface area contributed by atoms with Crippen molar-refractivity contribution in [3.63, 3.8) is 0 Å². The highest BCUT2D eigenvalue weighted by Crippen LogP contribution is 2.22. The van der Waals surface area contributed by atoms with Gasteiger partial charge in [-0.2, -0.15) is 0 Å². The van der Waals surface area contributed by atoms with E-state index in [0.717, 1.165) is 23.6 Å². The van der Waals surface area contributed by atoms with Gasteiger partial charge >= 0.3 is 0 Å². The molecule has 7 heteroatoms. The summed E-state index contributed by atoms with van der Waals surface area (Å²) >= 11 is 0. The van der Waals surface area contributed by atoms with E-state index in [2.05, 4.69) is 10.6 Å². The summed E-state index contributed by atoms with van der Waals surface area (Å²) in [5.74, 6) is -0.703. The minimum Gasteiger partial charge on any atom is -0.351 e. The Morgan fingerprint density at radius 3 is 2.23 bits per heavy atom. The Bertz CT molecular complexity index is 1070. The molecule has 0 bridgehead atoms. The van der Waals surface area contributed by atoms with Gasteiger partial charge in [0.25, 0.3) is 11.8 Å². The van der Waals surface area contributed by atoms with Gasteiger partial charge < -0.3 is 20.1 Å². The normalized spacial score (nSPS) is 10.9. The molecule has 3 rings (SSSR count). The van der Waals surface area contributed by atoms with Crippen LogP contribution in [0.3, 0.4) is 0 Å². The van der Waals surface area contributed by atoms with Crippen molar-refractivity contribution >= 4 is 17.5 Å². The first-order chi connectivity index (χ1) is 14.8. The van der Waals surface area contributed by atoms with Crippen LogP contribution in [0, 0.1) is 19.7 Å². The maximum Gasteiger partial charge on any atom is 0.257 e. The van der Waals surface area contributed by atoms with Gasteiger partial charge in [-0.15, -0.1) is 0 Å². The van der Waals surface area contributed by atoms with E-state index in [4.69, 9.17) is 0 Å². The summed E-state index contributed by atoms with van der Waals surface area (Å²) < 4.78 is 15.2. The molecule has 0 saturated heterocycles. The first-order valence-corrected chi connectivity index (χ1v) is 10.1. The second-order valence-electron chi connectivity index (χ2n) is 7.69. The van der Waals surface area contributed by atoms with Gasteiger partial charge in [-0.3, -0.25) is 9.59 Å². The number of halogens is 1. The predicted octanol–water partition coefficient (Wildman–Crippen LogP) is 3.78. The number of carbonyl (C=O) groups excluding carboxylic acids is 2. The van der Waals surface area contributed by atoms with Crippen molar-refractivity contribution in [2.45, 2.75) is 13.8 Å². The van der Waals surface area contributed by atoms with Crippen molar-refractivity contribution < 1.29 is 14.0 Å². The van der Waals surface area contributed by atoms with Gasteiger partial charge in [0, 0.05) is 41.4 Å². The van der Waals surface area contributed by atoms with Crippen LogP contribution in [0.4, 0.5) is 10.1 Å². The first kappa shape index (κ1) is 22.2. The Labute approximate surface area is 181 Å². The highest BCUT2D eigenvalue weighted by molar-refractivity contribution is 6.05. The van der Waals surface area contributed by atoms with Crippen molar-refractivity contribution in [1.29, 1.82) is 0 Å². The summed E-state index contributed by atoms with van der Waals surface area (Å²) in [5, 5.41) is 5.73. The molecule has 31 heavy (non-hydrogen) atoms. The van der Waals surface area contributed by atoms with E-state index < -0.39 is 0 Å². The average molecular weight is 423 g/mol. The zero-order valence-corrected chi connectivity index (χ0v) is 18.2. The number of likely N-dealkylation sites (N-methyl/N-ethyl adjacent to an activating group) is 1. The van der Waals surface area contributed by atoms with E-state index in [-0.39, 0.29) is 17.6 Å². The number of hydrogen-bond donors (Lipinski definition) is 2. The fourth-order valence-electron chi connectivity index (χ4n) is 3.38. The summed E-state index contributed by atoms with van der Waals surface area (Å²) in [6, 6.07) is 14.7. The van der Waals surface area contributed by atoms with Gasteiger partial charge in [0.1, 0.15) is 5.82 Å². The number of benzene rings is 2. The van der Waals surface area contributed by atoms with E-state index in [9.17, 15) is 14.0 Å². The Morgan fingerprint density at radius 1 is 0.968 bits per heavy atom. The molecular weight excluding hydrogens is 395 g/mol. The lowest BCUT2D eigenvalue weighted by Gasteiger charge is -2.11. The number of amides is 2. The summed E-state index contributed by atoms with van der Waals surface area (Å²) in [5.41, 5.74) is 4.09. The topological polar surface area (TPSA) is 66.4 Å². The Balaban J connectivity index is 1.70. The molecule has 0 atom stereocenters. The Hall–Kier alpha value is -3.45. The zero-order chi connectivity index (χ0) is 22.5. The third-order valence-corrected chi connectivity index (χ3v) is 5.01. The lowest BCUT2D eigenvalue weighted by molar-refractivity contribution is 0.0950. The summed E-state index contributed by atoms with van der Waals surface area (Å²) in [6.07, 6.45) is 0. The van der Waals surface area contributed by atoms with Gasteiger partial charge in [0.05, 0.1) is 5.56 Å². The largest absolute Gasteiger partial charge is 0.351 e. The molecule has 0 aliphatic carbocycles. The first-order valence-electron chi connectivity index (χ1n) is 10.1. The molecule has 3 aromatic rings. The molecule has 2 aromatic carbocycles. The van der Waals surface area contributed by atoms with Crippen LogP contribution < -0.4 is 10.6 Å². The van der Waals surface area contributed by atoms with Gasteiger partial charge in [0.2, 0.25) is 0 Å². The Kier molecular flexibility index (Phi) is 6.87. The molecular formula is C24H27FN4O2. The van der Waals surface area contributed by atoms with Crippen LogP contribution >= 0.6 is 0 Å². The van der Waals surface area contributed by atoms with E-state index in [1.165, 1.54) is 12.1 Å². The maximum atomic E-state index is 13.3. The van der Waals surface area contributed by atoms with E-state index in [0.29, 0.717) is 23.4 Å². The zero-order valence-electron chi connectivity index (χ0n) is 18.2. The molecule has 0 unspecified atom stereocenters. The van der Waals surface area contributed by atoms with Crippen molar-refractivity contribution in [2.75, 3.05) is 32.5 Å². The summed E-state index contributed by atoms with van der Waals surface area (Å²) in [6.45, 7) is 5.08. The van der Waals surface area contributed by atoms with Crippen molar-refractivity contribution in [3.05, 3.63) is 82.9 Å². The molecule has 2 amide bonds. The monoisotopic (exact) mass is 422 g/mol. The maximum absolute atomic E-state index is 13.3. The van der Waals surface area contributed by atoms with Gasteiger partial charge in [0.15, 0.2) is 0 Å². The van der Waals surface area contributed by atoms with Crippen molar-refractivity contribution in [3.8, 4) is 5.69 Å². The highest BCUT2D eigenvalue weighted by Gasteiger charge is 2.17. The summed E-state index contributed by atoms with van der Waals surface area (Å²) in [4.78, 5) is 27.0. The van der Waals surface area contributed by atoms with Crippen LogP contribution in [0.25, 0.3) is 5.69 Å². The molecule has 1 aromatic heterocycles. The third-order valence-electron chi connectivity index (χ3n) is 5.01. The van der Waals surface area contributed by atoms with E-state index in [1.807, 2.05) is 37.4 Å².